The van der Waals surface area contributed by atoms with Crippen LogP contribution < -0.4 is 16.0 Å². The van der Waals surface area contributed by atoms with Crippen LogP contribution in [0.4, 0.5) is 0 Å². The minimum Gasteiger partial charge on any atom is -0.391 e. The predicted molar refractivity (Wildman–Crippen MR) is 162 cm³/mol. The van der Waals surface area contributed by atoms with Crippen LogP contribution in [-0.4, -0.2) is 99.8 Å². The van der Waals surface area contributed by atoms with E-state index >= 15 is 0 Å². The first-order valence-electron chi connectivity index (χ1n) is 15.1. The fraction of sp³-hybridized carbons (Fsp3) is 0.500. The molecule has 5 amide bonds. The monoisotopic (exact) mass is 606 g/mol. The summed E-state index contributed by atoms with van der Waals surface area (Å²) in [6, 6.07) is 9.49. The number of nitrogens with zero attached hydrogens (tertiary/aromatic N) is 3. The summed E-state index contributed by atoms with van der Waals surface area (Å²) in [6.07, 6.45) is -0.190. The molecule has 0 spiro atoms. The van der Waals surface area contributed by atoms with Gasteiger partial charge in [0.15, 0.2) is 0 Å². The molecule has 44 heavy (non-hydrogen) atoms. The van der Waals surface area contributed by atoms with E-state index in [1.807, 2.05) is 44.2 Å². The molecule has 2 aromatic rings. The lowest BCUT2D eigenvalue weighted by Gasteiger charge is -2.32. The van der Waals surface area contributed by atoms with E-state index in [-0.39, 0.29) is 44.9 Å². The molecule has 3 heterocycles. The number of rotatable bonds is 5. The highest BCUT2D eigenvalue weighted by atomic mass is 16.3. The third-order valence-electron chi connectivity index (χ3n) is 8.21. The fourth-order valence-electron chi connectivity index (χ4n) is 5.72. The number of carbonyl (C=O) groups excluding carboxylic acids is 5. The number of hydrogen-bond donors (Lipinski definition) is 4. The van der Waals surface area contributed by atoms with Gasteiger partial charge < -0.3 is 30.9 Å². The standard InChI is InChI=1S/C32H42N6O6/c1-5-19(2)28-32(44)38-17-24(39)16-26(38)30(42)35-25(15-22-9-7-6-8-10-22)29(41)33-11-12-37(18-27(40)36-28)31(43)23-13-20(3)34-21(4)14-23/h6-10,13-14,19,24-26,28,39H,5,11-12,15-18H2,1-4H3,(H,33,41)(H,35,42)(H,36,40)/t19-,24+,25-,26-,28-/m0/s1. The van der Waals surface area contributed by atoms with Crippen molar-refractivity contribution in [2.75, 3.05) is 26.2 Å². The summed E-state index contributed by atoms with van der Waals surface area (Å²) in [5.41, 5.74) is 2.46. The van der Waals surface area contributed by atoms with Gasteiger partial charge >= 0.3 is 0 Å². The number of fused-ring (bicyclic) bond motifs is 1. The summed E-state index contributed by atoms with van der Waals surface area (Å²) < 4.78 is 0. The van der Waals surface area contributed by atoms with E-state index in [0.717, 1.165) is 5.56 Å². The van der Waals surface area contributed by atoms with Gasteiger partial charge in [-0.3, -0.25) is 29.0 Å². The van der Waals surface area contributed by atoms with Crippen LogP contribution in [-0.2, 0) is 25.6 Å². The average Bonchev–Trinajstić information content (AvgIpc) is 3.39. The van der Waals surface area contributed by atoms with E-state index in [4.69, 9.17) is 0 Å². The number of aromatic nitrogens is 1. The van der Waals surface area contributed by atoms with Crippen molar-refractivity contribution in [3.05, 3.63) is 65.0 Å². The van der Waals surface area contributed by atoms with Crippen LogP contribution in [0.5, 0.6) is 0 Å². The van der Waals surface area contributed by atoms with Crippen LogP contribution in [0.1, 0.15) is 54.0 Å². The minimum absolute atomic E-state index is 0.00542. The quantitative estimate of drug-likeness (QED) is 0.385. The van der Waals surface area contributed by atoms with Crippen molar-refractivity contribution in [1.29, 1.82) is 0 Å². The largest absolute Gasteiger partial charge is 0.391 e. The number of benzene rings is 1. The van der Waals surface area contributed by atoms with E-state index in [0.29, 0.717) is 23.4 Å². The highest BCUT2D eigenvalue weighted by Gasteiger charge is 2.43. The lowest BCUT2D eigenvalue weighted by Crippen LogP contribution is -2.58. The van der Waals surface area contributed by atoms with Crippen molar-refractivity contribution in [2.45, 2.75) is 71.2 Å². The zero-order valence-corrected chi connectivity index (χ0v) is 25.7. The molecule has 0 aliphatic carbocycles. The molecule has 0 bridgehead atoms. The number of pyridine rings is 1. The summed E-state index contributed by atoms with van der Waals surface area (Å²) >= 11 is 0. The molecule has 0 unspecified atom stereocenters. The van der Waals surface area contributed by atoms with Gasteiger partial charge in [0.2, 0.25) is 23.6 Å². The number of aryl methyl sites for hydroxylation is 2. The van der Waals surface area contributed by atoms with Crippen LogP contribution in [0, 0.1) is 19.8 Å². The highest BCUT2D eigenvalue weighted by Crippen LogP contribution is 2.23. The van der Waals surface area contributed by atoms with Crippen LogP contribution in [0.2, 0.25) is 0 Å². The summed E-state index contributed by atoms with van der Waals surface area (Å²) in [4.78, 5) is 75.0. The second-order valence-electron chi connectivity index (χ2n) is 11.7. The number of nitrogens with one attached hydrogen (secondary N) is 3. The lowest BCUT2D eigenvalue weighted by atomic mass is 9.97. The Bertz CT molecular complexity index is 1360. The van der Waals surface area contributed by atoms with Gasteiger partial charge in [-0.25, -0.2) is 0 Å². The van der Waals surface area contributed by atoms with Gasteiger partial charge in [-0.2, -0.15) is 0 Å². The Balaban J connectivity index is 1.69. The maximum absolute atomic E-state index is 13.9. The first-order chi connectivity index (χ1) is 21.0. The number of amides is 5. The van der Waals surface area contributed by atoms with Gasteiger partial charge in [-0.1, -0.05) is 50.6 Å². The molecule has 2 aliphatic heterocycles. The Hall–Kier alpha value is -4.32. The van der Waals surface area contributed by atoms with Crippen LogP contribution in [0.25, 0.3) is 0 Å². The van der Waals surface area contributed by atoms with Crippen molar-refractivity contribution in [3.63, 3.8) is 0 Å². The van der Waals surface area contributed by atoms with Gasteiger partial charge in [0.1, 0.15) is 18.1 Å². The van der Waals surface area contributed by atoms with Gasteiger partial charge in [0.05, 0.1) is 12.6 Å². The summed E-state index contributed by atoms with van der Waals surface area (Å²) in [7, 11) is 0. The first kappa shape index (κ1) is 32.6. The number of aliphatic hydroxyl groups excluding tert-OH is 1. The molecule has 4 N–H and O–H groups in total. The lowest BCUT2D eigenvalue weighted by molar-refractivity contribution is -0.143. The van der Waals surface area contributed by atoms with Crippen LogP contribution in [0.3, 0.4) is 0 Å². The molecule has 1 aromatic heterocycles. The second-order valence-corrected chi connectivity index (χ2v) is 11.7. The van der Waals surface area contributed by atoms with Gasteiger partial charge in [-0.15, -0.1) is 0 Å². The molecule has 0 saturated carbocycles. The summed E-state index contributed by atoms with van der Waals surface area (Å²) in [6.45, 7) is 6.84. The first-order valence-corrected chi connectivity index (χ1v) is 15.1. The second kappa shape index (κ2) is 14.4. The van der Waals surface area contributed by atoms with Gasteiger partial charge in [-0.05, 0) is 37.5 Å². The molecule has 2 saturated heterocycles. The SMILES string of the molecule is CC[C@H](C)[C@@H]1NC(=O)CN(C(=O)c2cc(C)nc(C)c2)CCNC(=O)[C@H](Cc2ccccc2)NC(=O)[C@@H]2C[C@@H](O)CN2C1=O. The Labute approximate surface area is 257 Å². The number of aliphatic hydroxyl groups is 1. The molecule has 0 radical (unpaired) electrons. The maximum atomic E-state index is 13.9. The van der Waals surface area contributed by atoms with Crippen molar-refractivity contribution in [3.8, 4) is 0 Å². The topological polar surface area (TPSA) is 161 Å². The molecule has 4 rings (SSSR count). The molecule has 12 nitrogen and oxygen atoms in total. The van der Waals surface area contributed by atoms with Crippen LogP contribution in [0.15, 0.2) is 42.5 Å². The maximum Gasteiger partial charge on any atom is 0.254 e. The Morgan fingerprint density at radius 2 is 1.73 bits per heavy atom. The Kier molecular flexibility index (Phi) is 10.7. The number of carbonyl (C=O) groups is 5. The molecule has 2 aliphatic rings. The molecule has 2 fully saturated rings. The van der Waals surface area contributed by atoms with Crippen molar-refractivity contribution in [1.82, 2.24) is 30.7 Å². The molecule has 5 atom stereocenters. The smallest absolute Gasteiger partial charge is 0.254 e. The van der Waals surface area contributed by atoms with Crippen molar-refractivity contribution >= 4 is 29.5 Å². The number of hydrogen-bond acceptors (Lipinski definition) is 7. The average molecular weight is 607 g/mol. The minimum atomic E-state index is -1.02. The van der Waals surface area contributed by atoms with Gasteiger partial charge in [0.25, 0.3) is 5.91 Å². The predicted octanol–water partition coefficient (Wildman–Crippen LogP) is 0.491. The Morgan fingerprint density at radius 1 is 1.05 bits per heavy atom. The zero-order chi connectivity index (χ0) is 32.0. The van der Waals surface area contributed by atoms with Crippen molar-refractivity contribution < 1.29 is 29.1 Å². The zero-order valence-electron chi connectivity index (χ0n) is 25.7. The molecular formula is C32H42N6O6. The van der Waals surface area contributed by atoms with Gasteiger partial charge in [0, 0.05) is 49.4 Å². The van der Waals surface area contributed by atoms with E-state index in [9.17, 15) is 29.1 Å². The van der Waals surface area contributed by atoms with E-state index in [1.165, 1.54) is 9.80 Å². The highest BCUT2D eigenvalue weighted by molar-refractivity contribution is 5.98. The third-order valence-corrected chi connectivity index (χ3v) is 8.21. The van der Waals surface area contributed by atoms with E-state index in [2.05, 4.69) is 20.9 Å². The Morgan fingerprint density at radius 3 is 2.39 bits per heavy atom. The molecular weight excluding hydrogens is 564 g/mol. The summed E-state index contributed by atoms with van der Waals surface area (Å²) in [5.74, 6) is -2.80. The molecule has 1 aromatic carbocycles. The normalized spacial score (nSPS) is 24.4. The summed E-state index contributed by atoms with van der Waals surface area (Å²) in [5, 5.41) is 18.9. The van der Waals surface area contributed by atoms with E-state index in [1.54, 1.807) is 26.0 Å². The molecule has 12 heteroatoms. The molecule has 236 valence electrons. The third kappa shape index (κ3) is 7.98. The van der Waals surface area contributed by atoms with Crippen LogP contribution >= 0.6 is 0 Å². The van der Waals surface area contributed by atoms with E-state index < -0.39 is 53.8 Å². The van der Waals surface area contributed by atoms with Crippen molar-refractivity contribution in [2.24, 2.45) is 5.92 Å². The fourth-order valence-corrected chi connectivity index (χ4v) is 5.72.